The highest BCUT2D eigenvalue weighted by molar-refractivity contribution is 5.74. The van der Waals surface area contributed by atoms with Crippen LogP contribution in [0.5, 0.6) is 11.5 Å². The molecule has 0 amide bonds. The first-order valence-corrected chi connectivity index (χ1v) is 6.64. The number of carbonyl (C=O) groups excluding carboxylic acids is 1. The number of hydrogen-bond donors (Lipinski definition) is 0. The van der Waals surface area contributed by atoms with Gasteiger partial charge in [-0.15, -0.1) is 0 Å². The van der Waals surface area contributed by atoms with E-state index in [1.807, 2.05) is 12.1 Å². The number of aldehydes is 1. The minimum absolute atomic E-state index is 0.655. The number of hydrogen-bond acceptors (Lipinski definition) is 2. The average Bonchev–Trinajstić information content (AvgIpc) is 2.47. The van der Waals surface area contributed by atoms with Gasteiger partial charge in [0.2, 0.25) is 0 Å². The van der Waals surface area contributed by atoms with E-state index in [-0.39, 0.29) is 0 Å². The number of unbranched alkanes of at least 4 members (excludes halogenated alkanes) is 1. The fourth-order valence-corrected chi connectivity index (χ4v) is 1.86. The fraction of sp³-hybridized carbons (Fsp3) is 0.235. The summed E-state index contributed by atoms with van der Waals surface area (Å²) < 4.78 is 5.72. The monoisotopic (exact) mass is 254 g/mol. The van der Waals surface area contributed by atoms with Crippen molar-refractivity contribution in [3.05, 3.63) is 59.7 Å². The molecule has 0 heterocycles. The van der Waals surface area contributed by atoms with E-state index in [4.69, 9.17) is 4.74 Å². The van der Waals surface area contributed by atoms with E-state index < -0.39 is 0 Å². The molecule has 98 valence electrons. The number of aryl methyl sites for hydroxylation is 1. The first kappa shape index (κ1) is 13.3. The molecule has 2 nitrogen and oxygen atoms in total. The molecule has 2 rings (SSSR count). The Morgan fingerprint density at radius 3 is 2.05 bits per heavy atom. The Morgan fingerprint density at radius 1 is 0.947 bits per heavy atom. The number of benzene rings is 2. The van der Waals surface area contributed by atoms with E-state index >= 15 is 0 Å². The molecule has 0 aliphatic rings. The van der Waals surface area contributed by atoms with Crippen molar-refractivity contribution in [1.29, 1.82) is 0 Å². The van der Waals surface area contributed by atoms with Gasteiger partial charge in [-0.05, 0) is 54.8 Å². The summed E-state index contributed by atoms with van der Waals surface area (Å²) in [6, 6.07) is 15.3. The summed E-state index contributed by atoms with van der Waals surface area (Å²) in [6.07, 6.45) is 4.37. The highest BCUT2D eigenvalue weighted by Gasteiger charge is 1.98. The second-order valence-electron chi connectivity index (χ2n) is 4.54. The van der Waals surface area contributed by atoms with Gasteiger partial charge in [-0.25, -0.2) is 0 Å². The lowest BCUT2D eigenvalue weighted by molar-refractivity contribution is 0.112. The Balaban J connectivity index is 1.99. The smallest absolute Gasteiger partial charge is 0.150 e. The molecule has 0 bridgehead atoms. The van der Waals surface area contributed by atoms with Gasteiger partial charge in [-0.1, -0.05) is 25.5 Å². The maximum absolute atomic E-state index is 10.6. The van der Waals surface area contributed by atoms with Crippen molar-refractivity contribution >= 4 is 6.29 Å². The zero-order valence-corrected chi connectivity index (χ0v) is 11.1. The van der Waals surface area contributed by atoms with Crippen LogP contribution in [0, 0.1) is 0 Å². The van der Waals surface area contributed by atoms with Gasteiger partial charge in [0.1, 0.15) is 17.8 Å². The van der Waals surface area contributed by atoms with Crippen molar-refractivity contribution < 1.29 is 9.53 Å². The van der Waals surface area contributed by atoms with Crippen LogP contribution in [0.3, 0.4) is 0 Å². The van der Waals surface area contributed by atoms with Crippen molar-refractivity contribution in [2.75, 3.05) is 0 Å². The van der Waals surface area contributed by atoms with Gasteiger partial charge < -0.3 is 4.74 Å². The van der Waals surface area contributed by atoms with Crippen LogP contribution in [-0.2, 0) is 6.42 Å². The maximum Gasteiger partial charge on any atom is 0.150 e. The quantitative estimate of drug-likeness (QED) is 0.702. The van der Waals surface area contributed by atoms with Gasteiger partial charge in [0.15, 0.2) is 0 Å². The van der Waals surface area contributed by atoms with Crippen LogP contribution in [0.4, 0.5) is 0 Å². The molecular formula is C17H18O2. The summed E-state index contributed by atoms with van der Waals surface area (Å²) in [4.78, 5) is 10.6. The molecule has 0 radical (unpaired) electrons. The largest absolute Gasteiger partial charge is 0.457 e. The Kier molecular flexibility index (Phi) is 4.73. The van der Waals surface area contributed by atoms with Crippen molar-refractivity contribution in [2.45, 2.75) is 26.2 Å². The van der Waals surface area contributed by atoms with Gasteiger partial charge in [0, 0.05) is 5.56 Å². The molecule has 0 saturated heterocycles. The third-order valence-corrected chi connectivity index (χ3v) is 2.99. The van der Waals surface area contributed by atoms with E-state index in [9.17, 15) is 4.79 Å². The van der Waals surface area contributed by atoms with Gasteiger partial charge in [-0.3, -0.25) is 4.79 Å². The van der Waals surface area contributed by atoms with Crippen molar-refractivity contribution in [2.24, 2.45) is 0 Å². The minimum atomic E-state index is 0.655. The topological polar surface area (TPSA) is 26.3 Å². The predicted molar refractivity (Wildman–Crippen MR) is 77.0 cm³/mol. The van der Waals surface area contributed by atoms with Gasteiger partial charge >= 0.3 is 0 Å². The molecule has 0 aromatic heterocycles. The summed E-state index contributed by atoms with van der Waals surface area (Å²) in [5, 5.41) is 0. The molecule has 0 aliphatic heterocycles. The second kappa shape index (κ2) is 6.74. The van der Waals surface area contributed by atoms with E-state index in [2.05, 4.69) is 19.1 Å². The molecule has 0 fully saturated rings. The molecule has 2 heteroatoms. The lowest BCUT2D eigenvalue weighted by atomic mass is 10.1. The first-order chi connectivity index (χ1) is 9.31. The predicted octanol–water partition coefficient (Wildman–Crippen LogP) is 4.63. The van der Waals surface area contributed by atoms with E-state index in [1.54, 1.807) is 24.3 Å². The van der Waals surface area contributed by atoms with E-state index in [0.29, 0.717) is 5.56 Å². The number of carbonyl (C=O) groups is 1. The fourth-order valence-electron chi connectivity index (χ4n) is 1.86. The van der Waals surface area contributed by atoms with Crippen LogP contribution in [0.15, 0.2) is 48.5 Å². The Morgan fingerprint density at radius 2 is 1.53 bits per heavy atom. The molecule has 0 unspecified atom stereocenters. The zero-order valence-electron chi connectivity index (χ0n) is 11.1. The summed E-state index contributed by atoms with van der Waals surface area (Å²) in [6.45, 7) is 2.19. The van der Waals surface area contributed by atoms with E-state index in [1.165, 1.54) is 18.4 Å². The highest BCUT2D eigenvalue weighted by Crippen LogP contribution is 2.22. The molecule has 2 aromatic rings. The summed E-state index contributed by atoms with van der Waals surface area (Å²) in [7, 11) is 0. The molecule has 0 atom stereocenters. The second-order valence-corrected chi connectivity index (χ2v) is 4.54. The van der Waals surface area contributed by atoms with Crippen molar-refractivity contribution in [1.82, 2.24) is 0 Å². The molecular weight excluding hydrogens is 236 g/mol. The SMILES string of the molecule is CCCCc1ccc(Oc2ccc(C=O)cc2)cc1. The van der Waals surface area contributed by atoms with Crippen LogP contribution in [0.25, 0.3) is 0 Å². The summed E-state index contributed by atoms with van der Waals surface area (Å²) in [5.74, 6) is 1.56. The zero-order chi connectivity index (χ0) is 13.5. The number of ether oxygens (including phenoxy) is 1. The minimum Gasteiger partial charge on any atom is -0.457 e. The molecule has 19 heavy (non-hydrogen) atoms. The molecule has 0 saturated carbocycles. The van der Waals surface area contributed by atoms with Crippen LogP contribution < -0.4 is 4.74 Å². The Bertz CT molecular complexity index is 512. The number of rotatable bonds is 6. The first-order valence-electron chi connectivity index (χ1n) is 6.64. The third kappa shape index (κ3) is 3.95. The average molecular weight is 254 g/mol. The molecule has 0 spiro atoms. The van der Waals surface area contributed by atoms with Crippen LogP contribution >= 0.6 is 0 Å². The van der Waals surface area contributed by atoms with Crippen LogP contribution in [0.2, 0.25) is 0 Å². The Hall–Kier alpha value is -2.09. The van der Waals surface area contributed by atoms with E-state index in [0.717, 1.165) is 24.2 Å². The van der Waals surface area contributed by atoms with Crippen molar-refractivity contribution in [3.8, 4) is 11.5 Å². The lowest BCUT2D eigenvalue weighted by Gasteiger charge is -2.07. The molecule has 2 aromatic carbocycles. The summed E-state index contributed by atoms with van der Waals surface area (Å²) in [5.41, 5.74) is 1.99. The lowest BCUT2D eigenvalue weighted by Crippen LogP contribution is -1.87. The maximum atomic E-state index is 10.6. The highest BCUT2D eigenvalue weighted by atomic mass is 16.5. The normalized spacial score (nSPS) is 10.2. The standard InChI is InChI=1S/C17H18O2/c1-2-3-4-14-5-9-16(10-6-14)19-17-11-7-15(13-18)8-12-17/h5-13H,2-4H2,1H3. The molecule has 0 N–H and O–H groups in total. The van der Waals surface area contributed by atoms with Crippen molar-refractivity contribution in [3.63, 3.8) is 0 Å². The van der Waals surface area contributed by atoms with Crippen LogP contribution in [0.1, 0.15) is 35.7 Å². The third-order valence-electron chi connectivity index (χ3n) is 2.99. The van der Waals surface area contributed by atoms with Crippen LogP contribution in [-0.4, -0.2) is 6.29 Å². The summed E-state index contributed by atoms with van der Waals surface area (Å²) >= 11 is 0. The van der Waals surface area contributed by atoms with Gasteiger partial charge in [-0.2, -0.15) is 0 Å². The van der Waals surface area contributed by atoms with Gasteiger partial charge in [0.25, 0.3) is 0 Å². The Labute approximate surface area is 114 Å². The molecule has 0 aliphatic carbocycles. The van der Waals surface area contributed by atoms with Gasteiger partial charge in [0.05, 0.1) is 0 Å².